The maximum Gasteiger partial charge on any atom is 0.248 e. The largest absolute Gasteiger partial charge is 0.493 e. The molecule has 0 aliphatic rings. The number of hydrogen-bond donors (Lipinski definition) is 1. The lowest BCUT2D eigenvalue weighted by molar-refractivity contribution is -0.111. The SMILES string of the molecule is COc1cc(/C=C/C(=O)Nc2ccc(Br)cc2F)ccc1OCC#N. The minimum absolute atomic E-state index is 0.0906. The molecule has 0 saturated carbocycles. The zero-order valence-corrected chi connectivity index (χ0v) is 14.8. The normalized spacial score (nSPS) is 10.3. The summed E-state index contributed by atoms with van der Waals surface area (Å²) in [6.07, 6.45) is 2.84. The Kier molecular flexibility index (Phi) is 6.54. The van der Waals surface area contributed by atoms with E-state index in [4.69, 9.17) is 14.7 Å². The van der Waals surface area contributed by atoms with Crippen LogP contribution >= 0.6 is 15.9 Å². The van der Waals surface area contributed by atoms with Gasteiger partial charge in [0.05, 0.1) is 12.8 Å². The highest BCUT2D eigenvalue weighted by Crippen LogP contribution is 2.28. The number of ether oxygens (including phenoxy) is 2. The van der Waals surface area contributed by atoms with Crippen LogP contribution in [0.4, 0.5) is 10.1 Å². The number of halogens is 2. The summed E-state index contributed by atoms with van der Waals surface area (Å²) in [4.78, 5) is 11.9. The van der Waals surface area contributed by atoms with Crippen molar-refractivity contribution >= 4 is 33.6 Å². The Bertz CT molecular complexity index is 847. The fourth-order valence-electron chi connectivity index (χ4n) is 1.95. The Balaban J connectivity index is 2.07. The molecule has 2 rings (SSSR count). The number of amides is 1. The first-order valence-corrected chi connectivity index (χ1v) is 7.94. The Morgan fingerprint density at radius 3 is 2.80 bits per heavy atom. The van der Waals surface area contributed by atoms with Crippen molar-refractivity contribution in [2.24, 2.45) is 0 Å². The molecule has 25 heavy (non-hydrogen) atoms. The zero-order valence-electron chi connectivity index (χ0n) is 13.3. The molecule has 0 heterocycles. The van der Waals surface area contributed by atoms with E-state index >= 15 is 0 Å². The van der Waals surface area contributed by atoms with Crippen LogP contribution in [0.5, 0.6) is 11.5 Å². The van der Waals surface area contributed by atoms with E-state index < -0.39 is 11.7 Å². The summed E-state index contributed by atoms with van der Waals surface area (Å²) >= 11 is 3.15. The van der Waals surface area contributed by atoms with Crippen molar-refractivity contribution in [1.82, 2.24) is 0 Å². The Morgan fingerprint density at radius 2 is 2.12 bits per heavy atom. The lowest BCUT2D eigenvalue weighted by Crippen LogP contribution is -2.09. The van der Waals surface area contributed by atoms with E-state index in [0.29, 0.717) is 21.5 Å². The number of benzene rings is 2. The average Bonchev–Trinajstić information content (AvgIpc) is 2.60. The van der Waals surface area contributed by atoms with Crippen LogP contribution in [0.15, 0.2) is 46.9 Å². The van der Waals surface area contributed by atoms with Gasteiger partial charge in [0.2, 0.25) is 5.91 Å². The molecular weight excluding hydrogens is 391 g/mol. The zero-order chi connectivity index (χ0) is 18.2. The smallest absolute Gasteiger partial charge is 0.248 e. The van der Waals surface area contributed by atoms with Gasteiger partial charge >= 0.3 is 0 Å². The third-order valence-corrected chi connectivity index (χ3v) is 3.59. The second kappa shape index (κ2) is 8.85. The van der Waals surface area contributed by atoms with Crippen LogP contribution in [0, 0.1) is 17.1 Å². The number of nitriles is 1. The second-order valence-electron chi connectivity index (χ2n) is 4.80. The molecule has 5 nitrogen and oxygen atoms in total. The highest BCUT2D eigenvalue weighted by Gasteiger charge is 2.07. The monoisotopic (exact) mass is 404 g/mol. The number of methoxy groups -OCH3 is 1. The predicted molar refractivity (Wildman–Crippen MR) is 95.9 cm³/mol. The van der Waals surface area contributed by atoms with E-state index in [2.05, 4.69) is 21.2 Å². The number of carbonyl (C=O) groups excluding carboxylic acids is 1. The van der Waals surface area contributed by atoms with E-state index in [-0.39, 0.29) is 12.3 Å². The predicted octanol–water partition coefficient (Wildman–Crippen LogP) is 4.15. The molecule has 0 spiro atoms. The first-order valence-electron chi connectivity index (χ1n) is 7.15. The van der Waals surface area contributed by atoms with Crippen molar-refractivity contribution in [2.45, 2.75) is 0 Å². The van der Waals surface area contributed by atoms with Gasteiger partial charge in [-0.25, -0.2) is 4.39 Å². The summed E-state index contributed by atoms with van der Waals surface area (Å²) in [5, 5.41) is 11.0. The molecule has 2 aromatic carbocycles. The molecule has 1 amide bonds. The lowest BCUT2D eigenvalue weighted by atomic mass is 10.2. The average molecular weight is 405 g/mol. The summed E-state index contributed by atoms with van der Waals surface area (Å²) in [6.45, 7) is -0.0906. The van der Waals surface area contributed by atoms with Gasteiger partial charge in [-0.2, -0.15) is 5.26 Å². The maximum atomic E-state index is 13.7. The molecule has 0 aliphatic carbocycles. The van der Waals surface area contributed by atoms with Crippen molar-refractivity contribution in [3.05, 3.63) is 58.3 Å². The molecule has 0 aromatic heterocycles. The molecule has 0 unspecified atom stereocenters. The highest BCUT2D eigenvalue weighted by atomic mass is 79.9. The van der Waals surface area contributed by atoms with Gasteiger partial charge in [-0.3, -0.25) is 4.79 Å². The molecular formula is C18H14BrFN2O3. The third kappa shape index (κ3) is 5.33. The van der Waals surface area contributed by atoms with Gasteiger partial charge < -0.3 is 14.8 Å². The summed E-state index contributed by atoms with van der Waals surface area (Å²) in [7, 11) is 1.48. The summed E-state index contributed by atoms with van der Waals surface area (Å²) in [6, 6.07) is 11.3. The van der Waals surface area contributed by atoms with Crippen LogP contribution in [0.25, 0.3) is 6.08 Å². The van der Waals surface area contributed by atoms with E-state index in [1.165, 1.54) is 25.3 Å². The molecule has 2 aromatic rings. The number of nitrogens with one attached hydrogen (secondary N) is 1. The first-order chi connectivity index (χ1) is 12.0. The fraction of sp³-hybridized carbons (Fsp3) is 0.111. The van der Waals surface area contributed by atoms with Gasteiger partial charge in [0.1, 0.15) is 11.9 Å². The van der Waals surface area contributed by atoms with Gasteiger partial charge in [0.25, 0.3) is 0 Å². The molecule has 1 N–H and O–H groups in total. The Labute approximate surface area is 152 Å². The van der Waals surface area contributed by atoms with Crippen LogP contribution in [0.1, 0.15) is 5.56 Å². The van der Waals surface area contributed by atoms with Gasteiger partial charge in [-0.1, -0.05) is 22.0 Å². The van der Waals surface area contributed by atoms with Gasteiger partial charge in [-0.15, -0.1) is 0 Å². The second-order valence-corrected chi connectivity index (χ2v) is 5.72. The molecule has 0 aliphatic heterocycles. The Hall–Kier alpha value is -2.85. The van der Waals surface area contributed by atoms with Crippen LogP contribution in [-0.2, 0) is 4.79 Å². The van der Waals surface area contributed by atoms with Crippen molar-refractivity contribution in [2.75, 3.05) is 19.0 Å². The van der Waals surface area contributed by atoms with Crippen molar-refractivity contribution < 1.29 is 18.7 Å². The molecule has 0 bridgehead atoms. The number of rotatable bonds is 6. The van der Waals surface area contributed by atoms with Crippen molar-refractivity contribution in [3.63, 3.8) is 0 Å². The molecule has 0 fully saturated rings. The van der Waals surface area contributed by atoms with E-state index in [0.717, 1.165) is 0 Å². The van der Waals surface area contributed by atoms with E-state index in [1.54, 1.807) is 30.3 Å². The molecule has 0 radical (unpaired) electrons. The van der Waals surface area contributed by atoms with E-state index in [1.807, 2.05) is 6.07 Å². The lowest BCUT2D eigenvalue weighted by Gasteiger charge is -2.08. The topological polar surface area (TPSA) is 71.3 Å². The van der Waals surface area contributed by atoms with Crippen LogP contribution in [0.3, 0.4) is 0 Å². The number of nitrogens with zero attached hydrogens (tertiary/aromatic N) is 1. The molecule has 0 atom stereocenters. The van der Waals surface area contributed by atoms with Crippen molar-refractivity contribution in [1.29, 1.82) is 5.26 Å². The fourth-order valence-corrected chi connectivity index (χ4v) is 2.29. The summed E-state index contributed by atoms with van der Waals surface area (Å²) in [5.74, 6) is -0.124. The maximum absolute atomic E-state index is 13.7. The quantitative estimate of drug-likeness (QED) is 0.733. The molecule has 128 valence electrons. The number of carbonyl (C=O) groups is 1. The molecule has 7 heteroatoms. The minimum atomic E-state index is -0.531. The van der Waals surface area contributed by atoms with Crippen LogP contribution in [0.2, 0.25) is 0 Å². The third-order valence-electron chi connectivity index (χ3n) is 3.10. The number of hydrogen-bond acceptors (Lipinski definition) is 4. The highest BCUT2D eigenvalue weighted by molar-refractivity contribution is 9.10. The van der Waals surface area contributed by atoms with Crippen LogP contribution in [-0.4, -0.2) is 19.6 Å². The van der Waals surface area contributed by atoms with Gasteiger partial charge in [0, 0.05) is 10.5 Å². The first kappa shape index (κ1) is 18.5. The van der Waals surface area contributed by atoms with Gasteiger partial charge in [-0.05, 0) is 42.0 Å². The van der Waals surface area contributed by atoms with E-state index in [9.17, 15) is 9.18 Å². The Morgan fingerprint density at radius 1 is 1.32 bits per heavy atom. The van der Waals surface area contributed by atoms with Crippen LogP contribution < -0.4 is 14.8 Å². The molecule has 0 saturated heterocycles. The summed E-state index contributed by atoms with van der Waals surface area (Å²) in [5.41, 5.74) is 0.781. The summed E-state index contributed by atoms with van der Waals surface area (Å²) < 4.78 is 24.7. The number of anilines is 1. The minimum Gasteiger partial charge on any atom is -0.493 e. The standard InChI is InChI=1S/C18H14BrFN2O3/c1-24-17-10-12(2-6-16(17)25-9-8-21)3-7-18(23)22-15-5-4-13(19)11-14(15)20/h2-7,10-11H,9H2,1H3,(H,22,23)/b7-3+. The van der Waals surface area contributed by atoms with Crippen molar-refractivity contribution in [3.8, 4) is 17.6 Å². The van der Waals surface area contributed by atoms with Gasteiger partial charge in [0.15, 0.2) is 18.1 Å².